The fourth-order valence-corrected chi connectivity index (χ4v) is 5.36. The molecule has 3 nitrogen and oxygen atoms in total. The number of benzene rings is 1. The Balaban J connectivity index is 2.59. The summed E-state index contributed by atoms with van der Waals surface area (Å²) < 4.78 is 65.9. The first-order valence-corrected chi connectivity index (χ1v) is 9.97. The molecule has 0 amide bonds. The van der Waals surface area contributed by atoms with E-state index >= 15 is 0 Å². The highest BCUT2D eigenvalue weighted by atomic mass is 32.2. The van der Waals surface area contributed by atoms with Gasteiger partial charge in [0.2, 0.25) is 10.0 Å². The van der Waals surface area contributed by atoms with Crippen LogP contribution in [0.5, 0.6) is 0 Å². The summed E-state index contributed by atoms with van der Waals surface area (Å²) in [5.74, 6) is 0. The molecular formula is C17H20F3NO2S2. The minimum absolute atomic E-state index is 0.0236. The van der Waals surface area contributed by atoms with Gasteiger partial charge >= 0.3 is 6.18 Å². The van der Waals surface area contributed by atoms with E-state index in [-0.39, 0.29) is 11.4 Å². The molecular weight excluding hydrogens is 371 g/mol. The molecule has 0 unspecified atom stereocenters. The monoisotopic (exact) mass is 391 g/mol. The van der Waals surface area contributed by atoms with Crippen molar-refractivity contribution in [3.8, 4) is 0 Å². The Morgan fingerprint density at radius 1 is 1.08 bits per heavy atom. The molecule has 1 heterocycles. The fourth-order valence-electron chi connectivity index (χ4n) is 2.71. The highest BCUT2D eigenvalue weighted by Gasteiger charge is 2.38. The highest BCUT2D eigenvalue weighted by Crippen LogP contribution is 2.31. The summed E-state index contributed by atoms with van der Waals surface area (Å²) in [5, 5.41) is 3.36. The van der Waals surface area contributed by atoms with Crippen molar-refractivity contribution >= 4 is 21.4 Å². The van der Waals surface area contributed by atoms with Crippen molar-refractivity contribution in [2.75, 3.05) is 6.54 Å². The second-order valence-electron chi connectivity index (χ2n) is 6.11. The van der Waals surface area contributed by atoms with Crippen LogP contribution >= 0.6 is 11.3 Å². The maximum atomic E-state index is 13.1. The van der Waals surface area contributed by atoms with Crippen LogP contribution in [0.2, 0.25) is 0 Å². The molecule has 0 aliphatic rings. The minimum atomic E-state index is -4.62. The van der Waals surface area contributed by atoms with Gasteiger partial charge in [-0.2, -0.15) is 28.8 Å². The zero-order chi connectivity index (χ0) is 19.0. The Kier molecular flexibility index (Phi) is 5.65. The Labute approximate surface area is 150 Å². The largest absolute Gasteiger partial charge is 0.402 e. The number of sulfonamides is 1. The fraction of sp³-hybridized carbons (Fsp3) is 0.412. The van der Waals surface area contributed by atoms with E-state index in [4.69, 9.17) is 0 Å². The van der Waals surface area contributed by atoms with Crippen LogP contribution in [0, 0.1) is 27.7 Å². The zero-order valence-corrected chi connectivity index (χ0v) is 16.1. The summed E-state index contributed by atoms with van der Waals surface area (Å²) in [4.78, 5) is -0.0236. The minimum Gasteiger partial charge on any atom is -0.207 e. The van der Waals surface area contributed by atoms with Gasteiger partial charge in [-0.3, -0.25) is 0 Å². The van der Waals surface area contributed by atoms with Crippen LogP contribution in [0.1, 0.15) is 27.8 Å². The third-order valence-electron chi connectivity index (χ3n) is 4.19. The molecule has 1 aromatic carbocycles. The Bertz CT molecular complexity index is 831. The molecule has 0 saturated carbocycles. The lowest BCUT2D eigenvalue weighted by molar-refractivity contribution is -0.136. The number of hydrogen-bond donors (Lipinski definition) is 0. The number of alkyl halides is 3. The van der Waals surface area contributed by atoms with E-state index in [2.05, 4.69) is 0 Å². The quantitative estimate of drug-likeness (QED) is 0.739. The van der Waals surface area contributed by atoms with Crippen molar-refractivity contribution in [2.45, 2.75) is 45.3 Å². The molecule has 0 atom stereocenters. The number of nitrogens with zero attached hydrogens (tertiary/aromatic N) is 1. The van der Waals surface area contributed by atoms with Crippen molar-refractivity contribution in [2.24, 2.45) is 0 Å². The molecule has 0 bridgehead atoms. The molecule has 0 fully saturated rings. The predicted octanol–water partition coefficient (Wildman–Crippen LogP) is 4.73. The summed E-state index contributed by atoms with van der Waals surface area (Å²) in [6.45, 7) is 4.95. The van der Waals surface area contributed by atoms with Gasteiger partial charge in [0.25, 0.3) is 0 Å². The first-order chi connectivity index (χ1) is 11.4. The molecule has 2 aromatic rings. The van der Waals surface area contributed by atoms with E-state index in [1.807, 2.05) is 6.07 Å². The Morgan fingerprint density at radius 2 is 1.64 bits per heavy atom. The van der Waals surface area contributed by atoms with E-state index < -0.39 is 22.7 Å². The number of aryl methyl sites for hydroxylation is 2. The number of halogens is 3. The smallest absolute Gasteiger partial charge is 0.207 e. The average molecular weight is 391 g/mol. The number of thiophene rings is 1. The summed E-state index contributed by atoms with van der Waals surface area (Å²) in [5.41, 5.74) is 2.99. The second-order valence-corrected chi connectivity index (χ2v) is 8.76. The van der Waals surface area contributed by atoms with Crippen molar-refractivity contribution in [1.29, 1.82) is 0 Å². The van der Waals surface area contributed by atoms with Gasteiger partial charge in [-0.25, -0.2) is 8.42 Å². The number of hydrogen-bond acceptors (Lipinski definition) is 3. The second kappa shape index (κ2) is 7.09. The van der Waals surface area contributed by atoms with E-state index in [0.29, 0.717) is 21.0 Å². The van der Waals surface area contributed by atoms with E-state index in [1.165, 1.54) is 11.3 Å². The molecule has 25 heavy (non-hydrogen) atoms. The molecule has 2 rings (SSSR count). The lowest BCUT2D eigenvalue weighted by atomic mass is 10.0. The maximum absolute atomic E-state index is 13.1. The summed E-state index contributed by atoms with van der Waals surface area (Å²) in [6, 6.07) is 3.47. The van der Waals surface area contributed by atoms with Gasteiger partial charge in [0.05, 0.1) is 4.90 Å². The molecule has 0 saturated heterocycles. The van der Waals surface area contributed by atoms with Crippen LogP contribution < -0.4 is 0 Å². The van der Waals surface area contributed by atoms with Gasteiger partial charge in [0.15, 0.2) is 0 Å². The van der Waals surface area contributed by atoms with Gasteiger partial charge in [0, 0.05) is 6.54 Å². The first-order valence-electron chi connectivity index (χ1n) is 7.59. The topological polar surface area (TPSA) is 37.4 Å². The van der Waals surface area contributed by atoms with Crippen LogP contribution in [0.15, 0.2) is 27.8 Å². The summed E-state index contributed by atoms with van der Waals surface area (Å²) >= 11 is 1.31. The lowest BCUT2D eigenvalue weighted by Gasteiger charge is -2.26. The van der Waals surface area contributed by atoms with Gasteiger partial charge in [-0.1, -0.05) is 6.07 Å². The molecule has 0 N–H and O–H groups in total. The van der Waals surface area contributed by atoms with Crippen molar-refractivity contribution < 1.29 is 21.6 Å². The third-order valence-corrected chi connectivity index (χ3v) is 6.99. The van der Waals surface area contributed by atoms with Crippen LogP contribution in [-0.2, 0) is 16.6 Å². The number of rotatable bonds is 5. The van der Waals surface area contributed by atoms with E-state index in [9.17, 15) is 21.6 Å². The summed E-state index contributed by atoms with van der Waals surface area (Å²) in [7, 11) is -4.30. The standard InChI is InChI=1S/C17H20F3NO2S2/c1-11-7-12(2)14(4)16(13(11)3)25(22,23)21(10-17(18,19)20)8-15-5-6-24-9-15/h5-7,9H,8,10H2,1-4H3. The van der Waals surface area contributed by atoms with Gasteiger partial charge in [-0.15, -0.1) is 0 Å². The molecule has 0 aliphatic heterocycles. The van der Waals surface area contributed by atoms with E-state index in [1.54, 1.807) is 44.5 Å². The normalized spacial score (nSPS) is 12.8. The van der Waals surface area contributed by atoms with Crippen LogP contribution in [-0.4, -0.2) is 25.4 Å². The molecule has 0 radical (unpaired) electrons. The molecule has 0 aliphatic carbocycles. The van der Waals surface area contributed by atoms with Crippen molar-refractivity contribution in [3.63, 3.8) is 0 Å². The molecule has 0 spiro atoms. The third kappa shape index (κ3) is 4.43. The van der Waals surface area contributed by atoms with Crippen molar-refractivity contribution in [3.05, 3.63) is 50.7 Å². The lowest BCUT2D eigenvalue weighted by Crippen LogP contribution is -2.39. The van der Waals surface area contributed by atoms with Crippen LogP contribution in [0.4, 0.5) is 13.2 Å². The molecule has 138 valence electrons. The first kappa shape index (κ1) is 19.9. The highest BCUT2D eigenvalue weighted by molar-refractivity contribution is 7.89. The summed E-state index contributed by atoms with van der Waals surface area (Å²) in [6.07, 6.45) is -4.62. The zero-order valence-electron chi connectivity index (χ0n) is 14.4. The Hall–Kier alpha value is -1.38. The van der Waals surface area contributed by atoms with Crippen LogP contribution in [0.25, 0.3) is 0 Å². The van der Waals surface area contributed by atoms with E-state index in [0.717, 1.165) is 11.1 Å². The molecule has 1 aromatic heterocycles. The molecule has 8 heteroatoms. The Morgan fingerprint density at radius 3 is 2.08 bits per heavy atom. The van der Waals surface area contributed by atoms with Crippen molar-refractivity contribution in [1.82, 2.24) is 4.31 Å². The predicted molar refractivity (Wildman–Crippen MR) is 93.4 cm³/mol. The maximum Gasteiger partial charge on any atom is 0.402 e. The van der Waals surface area contributed by atoms with Gasteiger partial charge in [-0.05, 0) is 72.3 Å². The SMILES string of the molecule is Cc1cc(C)c(C)c(S(=O)(=O)N(Cc2ccsc2)CC(F)(F)F)c1C. The van der Waals surface area contributed by atoms with Gasteiger partial charge in [0.1, 0.15) is 6.54 Å². The average Bonchev–Trinajstić information content (AvgIpc) is 2.96. The van der Waals surface area contributed by atoms with Crippen LogP contribution in [0.3, 0.4) is 0 Å². The van der Waals surface area contributed by atoms with Gasteiger partial charge < -0.3 is 0 Å².